The normalized spacial score (nSPS) is 16.2. The van der Waals surface area contributed by atoms with Gasteiger partial charge in [0.15, 0.2) is 0 Å². The molecule has 0 fully saturated rings. The summed E-state index contributed by atoms with van der Waals surface area (Å²) in [6.07, 6.45) is 5.39. The lowest BCUT2D eigenvalue weighted by molar-refractivity contribution is -0.108. The number of fused-ring (bicyclic) bond motifs is 1. The van der Waals surface area contributed by atoms with E-state index in [1.165, 1.54) is 11.0 Å². The summed E-state index contributed by atoms with van der Waals surface area (Å²) in [5.41, 5.74) is 2.35. The average Bonchev–Trinajstić information content (AvgIpc) is 3.19. The summed E-state index contributed by atoms with van der Waals surface area (Å²) in [5.74, 6) is 0.783. The van der Waals surface area contributed by atoms with Crippen molar-refractivity contribution in [3.63, 3.8) is 0 Å². The minimum atomic E-state index is -0.435. The van der Waals surface area contributed by atoms with Gasteiger partial charge < -0.3 is 9.64 Å². The molecule has 1 atom stereocenters. The first-order chi connectivity index (χ1) is 12.7. The highest BCUT2D eigenvalue weighted by Crippen LogP contribution is 2.45. The third-order valence-electron chi connectivity index (χ3n) is 4.73. The molecule has 1 aromatic heterocycles. The number of para-hydroxylation sites is 1. The Labute approximate surface area is 150 Å². The Kier molecular flexibility index (Phi) is 4.16. The molecule has 5 nitrogen and oxygen atoms in total. The van der Waals surface area contributed by atoms with Crippen molar-refractivity contribution in [2.75, 3.05) is 4.90 Å². The number of carbonyl (C=O) groups is 1. The molecule has 132 valence electrons. The van der Waals surface area contributed by atoms with E-state index in [0.717, 1.165) is 12.0 Å². The minimum Gasteiger partial charge on any atom is -0.456 e. The topological polar surface area (TPSA) is 58.2 Å². The van der Waals surface area contributed by atoms with Crippen LogP contribution in [0.1, 0.15) is 18.9 Å². The molecule has 1 unspecified atom stereocenters. The highest BCUT2D eigenvalue weighted by atomic mass is 19.1. The van der Waals surface area contributed by atoms with E-state index in [-0.39, 0.29) is 6.04 Å². The summed E-state index contributed by atoms with van der Waals surface area (Å²) in [6.45, 7) is 1.92. The van der Waals surface area contributed by atoms with Gasteiger partial charge in [0.1, 0.15) is 17.3 Å². The summed E-state index contributed by atoms with van der Waals surface area (Å²) in [5, 5.41) is 6.71. The van der Waals surface area contributed by atoms with Crippen molar-refractivity contribution in [2.24, 2.45) is 0 Å². The minimum absolute atomic E-state index is 0.0566. The zero-order valence-corrected chi connectivity index (χ0v) is 14.3. The number of rotatable bonds is 4. The van der Waals surface area contributed by atoms with Gasteiger partial charge in [-0.1, -0.05) is 18.2 Å². The van der Waals surface area contributed by atoms with Gasteiger partial charge in [0, 0.05) is 28.9 Å². The summed E-state index contributed by atoms with van der Waals surface area (Å²) < 4.78 is 21.1. The van der Waals surface area contributed by atoms with Crippen molar-refractivity contribution in [1.29, 1.82) is 0 Å². The zero-order chi connectivity index (χ0) is 18.1. The van der Waals surface area contributed by atoms with E-state index < -0.39 is 5.82 Å². The fourth-order valence-electron chi connectivity index (χ4n) is 3.39. The third kappa shape index (κ3) is 2.73. The fourth-order valence-corrected chi connectivity index (χ4v) is 3.39. The lowest BCUT2D eigenvalue weighted by atomic mass is 9.92. The Bertz CT molecular complexity index is 926. The van der Waals surface area contributed by atoms with Crippen LogP contribution in [0.3, 0.4) is 0 Å². The summed E-state index contributed by atoms with van der Waals surface area (Å²) in [4.78, 5) is 13.0. The second-order valence-electron chi connectivity index (χ2n) is 6.36. The molecular formula is C20H18FN3O2. The van der Waals surface area contributed by atoms with E-state index >= 15 is 0 Å². The van der Waals surface area contributed by atoms with E-state index in [1.807, 2.05) is 37.3 Å². The zero-order valence-electron chi connectivity index (χ0n) is 14.3. The maximum Gasteiger partial charge on any atom is 0.214 e. The number of aromatic amines is 1. The van der Waals surface area contributed by atoms with Crippen molar-refractivity contribution in [3.05, 3.63) is 60.2 Å². The van der Waals surface area contributed by atoms with Gasteiger partial charge >= 0.3 is 0 Å². The SMILES string of the molecule is CC1CCc2c(Oc3ccccc3)c(-c3cn[nH]c3)cc(F)c2N1C=O. The van der Waals surface area contributed by atoms with Gasteiger partial charge in [-0.2, -0.15) is 5.10 Å². The lowest BCUT2D eigenvalue weighted by Gasteiger charge is -2.34. The molecule has 0 saturated heterocycles. The molecule has 2 heterocycles. The molecule has 3 aromatic rings. The molecule has 0 saturated carbocycles. The van der Waals surface area contributed by atoms with Crippen molar-refractivity contribution in [1.82, 2.24) is 10.2 Å². The highest BCUT2D eigenvalue weighted by Gasteiger charge is 2.31. The molecule has 2 aromatic carbocycles. The van der Waals surface area contributed by atoms with Gasteiger partial charge in [-0.3, -0.25) is 9.89 Å². The van der Waals surface area contributed by atoms with Crippen LogP contribution in [0.4, 0.5) is 10.1 Å². The second-order valence-corrected chi connectivity index (χ2v) is 6.36. The molecule has 4 rings (SSSR count). The van der Waals surface area contributed by atoms with Crippen LogP contribution in [-0.2, 0) is 11.2 Å². The second kappa shape index (κ2) is 6.63. The number of amides is 1. The van der Waals surface area contributed by atoms with Crippen LogP contribution < -0.4 is 9.64 Å². The highest BCUT2D eigenvalue weighted by molar-refractivity contribution is 5.85. The van der Waals surface area contributed by atoms with Gasteiger partial charge in [0.25, 0.3) is 0 Å². The van der Waals surface area contributed by atoms with Crippen LogP contribution in [0.15, 0.2) is 48.8 Å². The van der Waals surface area contributed by atoms with Crippen LogP contribution in [-0.4, -0.2) is 22.6 Å². The summed E-state index contributed by atoms with van der Waals surface area (Å²) >= 11 is 0. The number of ether oxygens (including phenoxy) is 1. The number of anilines is 1. The quantitative estimate of drug-likeness (QED) is 0.713. The Morgan fingerprint density at radius 1 is 1.35 bits per heavy atom. The fraction of sp³-hybridized carbons (Fsp3) is 0.200. The third-order valence-corrected chi connectivity index (χ3v) is 4.73. The average molecular weight is 351 g/mol. The lowest BCUT2D eigenvalue weighted by Crippen LogP contribution is -2.37. The molecule has 0 aliphatic carbocycles. The van der Waals surface area contributed by atoms with E-state index in [9.17, 15) is 9.18 Å². The van der Waals surface area contributed by atoms with Gasteiger partial charge in [0.2, 0.25) is 6.41 Å². The van der Waals surface area contributed by atoms with E-state index in [4.69, 9.17) is 4.74 Å². The van der Waals surface area contributed by atoms with Crippen molar-refractivity contribution in [2.45, 2.75) is 25.8 Å². The van der Waals surface area contributed by atoms with Gasteiger partial charge in [-0.05, 0) is 38.0 Å². The molecule has 6 heteroatoms. The molecule has 1 N–H and O–H groups in total. The Morgan fingerprint density at radius 3 is 2.85 bits per heavy atom. The number of nitrogens with one attached hydrogen (secondary N) is 1. The Hall–Kier alpha value is -3.15. The number of H-pyrrole nitrogens is 1. The van der Waals surface area contributed by atoms with Crippen molar-refractivity contribution in [3.8, 4) is 22.6 Å². The van der Waals surface area contributed by atoms with Crippen LogP contribution in [0.5, 0.6) is 11.5 Å². The summed E-state index contributed by atoms with van der Waals surface area (Å²) in [6, 6.07) is 10.7. The molecule has 26 heavy (non-hydrogen) atoms. The van der Waals surface area contributed by atoms with Gasteiger partial charge in [-0.25, -0.2) is 4.39 Å². The number of nitrogens with zero attached hydrogens (tertiary/aromatic N) is 2. The maximum absolute atomic E-state index is 15.0. The van der Waals surface area contributed by atoms with Crippen molar-refractivity contribution < 1.29 is 13.9 Å². The van der Waals surface area contributed by atoms with Crippen molar-refractivity contribution >= 4 is 12.1 Å². The number of hydrogen-bond acceptors (Lipinski definition) is 3. The molecule has 1 amide bonds. The first-order valence-electron chi connectivity index (χ1n) is 8.50. The van der Waals surface area contributed by atoms with E-state index in [1.54, 1.807) is 12.4 Å². The van der Waals surface area contributed by atoms with E-state index in [2.05, 4.69) is 10.2 Å². The first kappa shape index (κ1) is 16.3. The monoisotopic (exact) mass is 351 g/mol. The number of carbonyl (C=O) groups excluding carboxylic acids is 1. The molecule has 0 radical (unpaired) electrons. The largest absolute Gasteiger partial charge is 0.456 e. The van der Waals surface area contributed by atoms with Gasteiger partial charge in [0.05, 0.1) is 11.9 Å². The predicted molar refractivity (Wildman–Crippen MR) is 96.8 cm³/mol. The number of hydrogen-bond donors (Lipinski definition) is 1. The van der Waals surface area contributed by atoms with Crippen LogP contribution in [0.25, 0.3) is 11.1 Å². The number of halogens is 1. The number of benzene rings is 2. The molecule has 0 bridgehead atoms. The standard InChI is InChI=1S/C20H18FN3O2/c1-13-7-8-16-19(24(13)12-25)18(21)9-17(14-10-22-23-11-14)20(16)26-15-5-3-2-4-6-15/h2-6,9-13H,7-8H2,1H3,(H,22,23). The molecule has 1 aliphatic heterocycles. The van der Waals surface area contributed by atoms with Crippen LogP contribution in [0.2, 0.25) is 0 Å². The smallest absolute Gasteiger partial charge is 0.214 e. The Morgan fingerprint density at radius 2 is 2.15 bits per heavy atom. The van der Waals surface area contributed by atoms with Crippen LogP contribution in [0, 0.1) is 5.82 Å². The Balaban J connectivity index is 1.94. The molecule has 1 aliphatic rings. The molecule has 0 spiro atoms. The van der Waals surface area contributed by atoms with E-state index in [0.29, 0.717) is 41.1 Å². The summed E-state index contributed by atoms with van der Waals surface area (Å²) in [7, 11) is 0. The maximum atomic E-state index is 15.0. The predicted octanol–water partition coefficient (Wildman–Crippen LogP) is 4.31. The molecular weight excluding hydrogens is 333 g/mol. The number of aromatic nitrogens is 2. The van der Waals surface area contributed by atoms with Crippen LogP contribution >= 0.6 is 0 Å². The first-order valence-corrected chi connectivity index (χ1v) is 8.50. The van der Waals surface area contributed by atoms with Gasteiger partial charge in [-0.15, -0.1) is 0 Å².